The number of ketones is 1. The number of para-hydroxylation sites is 1. The van der Waals surface area contributed by atoms with Crippen molar-refractivity contribution in [1.82, 2.24) is 14.8 Å². The Labute approximate surface area is 246 Å². The van der Waals surface area contributed by atoms with Crippen molar-refractivity contribution in [2.45, 2.75) is 44.1 Å². The summed E-state index contributed by atoms with van der Waals surface area (Å²) in [6, 6.07) is 15.5. The van der Waals surface area contributed by atoms with Crippen molar-refractivity contribution in [2.24, 2.45) is 5.73 Å². The molecular weight excluding hydrogens is 558 g/mol. The van der Waals surface area contributed by atoms with Crippen molar-refractivity contribution in [1.29, 1.82) is 0 Å². The maximum atomic E-state index is 14.6. The van der Waals surface area contributed by atoms with Crippen molar-refractivity contribution in [3.05, 3.63) is 96.3 Å². The maximum absolute atomic E-state index is 14.6. The summed E-state index contributed by atoms with van der Waals surface area (Å²) in [5.74, 6) is -7.19. The molecule has 4 rings (SSSR count). The second-order valence-electron chi connectivity index (χ2n) is 10.1. The normalized spacial score (nSPS) is 18.6. The van der Waals surface area contributed by atoms with Gasteiger partial charge in [0.15, 0.2) is 5.78 Å². The van der Waals surface area contributed by atoms with Crippen LogP contribution in [0.25, 0.3) is 0 Å². The quantitative estimate of drug-likeness (QED) is 0.221. The number of nitrogens with two attached hydrogens (primary N) is 1. The summed E-state index contributed by atoms with van der Waals surface area (Å²) in [6.07, 6.45) is 1.86. The van der Waals surface area contributed by atoms with E-state index in [2.05, 4.69) is 4.98 Å². The Kier molecular flexibility index (Phi) is 8.39. The average molecular weight is 588 g/mol. The Morgan fingerprint density at radius 1 is 0.953 bits per heavy atom. The second kappa shape index (κ2) is 11.8. The van der Waals surface area contributed by atoms with Gasteiger partial charge in [-0.05, 0) is 49.2 Å². The van der Waals surface area contributed by atoms with Crippen LogP contribution in [0, 0.1) is 0 Å². The third-order valence-electron chi connectivity index (χ3n) is 7.39. The molecule has 0 spiro atoms. The van der Waals surface area contributed by atoms with Gasteiger partial charge in [0.25, 0.3) is 11.6 Å². The third kappa shape index (κ3) is 5.10. The molecule has 0 radical (unpaired) electrons. The number of pyridine rings is 1. The van der Waals surface area contributed by atoms with E-state index in [1.165, 1.54) is 55.7 Å². The van der Waals surface area contributed by atoms with Crippen LogP contribution in [0.4, 0.5) is 10.5 Å². The number of carboxylic acid groups (broad SMARTS) is 2. The van der Waals surface area contributed by atoms with Crippen LogP contribution >= 0.6 is 0 Å². The first-order chi connectivity index (χ1) is 20.4. The van der Waals surface area contributed by atoms with Crippen molar-refractivity contribution in [3.63, 3.8) is 0 Å². The standard InChI is InChI=1S/C30H29N5O8/c1-19(36)30(27(41)42,34(22-11-7-4-8-12-22)25(39)23(31)17-24(37)38)35-26(40)29(2,21-13-15-32-16-14-21)33(28(35)43)18-20-9-5-3-6-10-20/h3-16,23H,17-18,31H2,1-2H3,(H,37,38)(H,41,42)/t23-,29+,30-/m0/s1. The molecule has 0 bridgehead atoms. The highest BCUT2D eigenvalue weighted by Crippen LogP contribution is 2.44. The number of urea groups is 1. The number of aliphatic carboxylic acids is 2. The first-order valence-electron chi connectivity index (χ1n) is 13.1. The van der Waals surface area contributed by atoms with E-state index in [0.717, 1.165) is 11.8 Å². The van der Waals surface area contributed by atoms with E-state index in [4.69, 9.17) is 5.73 Å². The average Bonchev–Trinajstić information content (AvgIpc) is 3.17. The van der Waals surface area contributed by atoms with Crippen LogP contribution in [0.5, 0.6) is 0 Å². The number of amides is 4. The zero-order chi connectivity index (χ0) is 31.5. The van der Waals surface area contributed by atoms with Gasteiger partial charge in [0, 0.05) is 24.6 Å². The fourth-order valence-electron chi connectivity index (χ4n) is 5.21. The van der Waals surface area contributed by atoms with Gasteiger partial charge in [-0.3, -0.25) is 29.1 Å². The summed E-state index contributed by atoms with van der Waals surface area (Å²) in [5.41, 5.74) is 1.41. The van der Waals surface area contributed by atoms with Crippen molar-refractivity contribution >= 4 is 41.3 Å². The molecule has 4 N–H and O–H groups in total. The van der Waals surface area contributed by atoms with Crippen molar-refractivity contribution < 1.29 is 39.0 Å². The maximum Gasteiger partial charge on any atom is 0.360 e. The van der Waals surface area contributed by atoms with E-state index in [0.29, 0.717) is 10.5 Å². The minimum Gasteiger partial charge on any atom is -0.481 e. The summed E-state index contributed by atoms with van der Waals surface area (Å²) in [6.45, 7) is 2.06. The van der Waals surface area contributed by atoms with Crippen molar-refractivity contribution in [3.8, 4) is 0 Å². The van der Waals surface area contributed by atoms with Gasteiger partial charge < -0.3 is 20.8 Å². The second-order valence-corrected chi connectivity index (χ2v) is 10.1. The number of hydrogen-bond donors (Lipinski definition) is 3. The zero-order valence-corrected chi connectivity index (χ0v) is 23.3. The molecule has 1 aromatic heterocycles. The van der Waals surface area contributed by atoms with Crippen LogP contribution in [-0.2, 0) is 36.1 Å². The largest absolute Gasteiger partial charge is 0.481 e. The van der Waals surface area contributed by atoms with Gasteiger partial charge in [0.2, 0.25) is 5.91 Å². The van der Waals surface area contributed by atoms with E-state index in [9.17, 15) is 39.0 Å². The summed E-state index contributed by atoms with van der Waals surface area (Å²) in [5, 5.41) is 20.1. The lowest BCUT2D eigenvalue weighted by Crippen LogP contribution is -2.74. The van der Waals surface area contributed by atoms with Gasteiger partial charge in [0.1, 0.15) is 5.54 Å². The molecule has 4 amide bonds. The smallest absolute Gasteiger partial charge is 0.360 e. The molecule has 1 saturated heterocycles. The molecule has 13 nitrogen and oxygen atoms in total. The molecule has 43 heavy (non-hydrogen) atoms. The molecule has 3 aromatic rings. The highest BCUT2D eigenvalue weighted by atomic mass is 16.4. The lowest BCUT2D eigenvalue weighted by atomic mass is 9.89. The Morgan fingerprint density at radius 3 is 2.02 bits per heavy atom. The minimum atomic E-state index is -3.29. The van der Waals surface area contributed by atoms with Gasteiger partial charge in [-0.1, -0.05) is 48.5 Å². The number of imide groups is 1. The molecule has 0 aliphatic carbocycles. The lowest BCUT2D eigenvalue weighted by molar-refractivity contribution is -0.162. The Balaban J connectivity index is 2.02. The van der Waals surface area contributed by atoms with Gasteiger partial charge in [0.05, 0.1) is 12.5 Å². The van der Waals surface area contributed by atoms with Gasteiger partial charge in [-0.25, -0.2) is 14.5 Å². The van der Waals surface area contributed by atoms with E-state index in [1.807, 2.05) is 0 Å². The predicted octanol–water partition coefficient (Wildman–Crippen LogP) is 1.97. The van der Waals surface area contributed by atoms with Gasteiger partial charge in [-0.15, -0.1) is 0 Å². The molecule has 3 atom stereocenters. The Bertz CT molecular complexity index is 1550. The fraction of sp³-hybridized carbons (Fsp3) is 0.233. The van der Waals surface area contributed by atoms with E-state index in [-0.39, 0.29) is 22.7 Å². The summed E-state index contributed by atoms with van der Waals surface area (Å²) in [7, 11) is 0. The number of nitrogens with zero attached hydrogens (tertiary/aromatic N) is 4. The van der Waals surface area contributed by atoms with Gasteiger partial charge in [-0.2, -0.15) is 0 Å². The molecule has 222 valence electrons. The SMILES string of the molecule is CC(=O)[C@@](C(=O)O)(N1C(=O)N(Cc2ccccc2)[C@](C)(c2ccncc2)C1=O)N(C(=O)[C@@H](N)CC(=O)O)c1ccccc1. The molecule has 2 aromatic carbocycles. The molecule has 0 unspecified atom stereocenters. The number of carbonyl (C=O) groups excluding carboxylic acids is 4. The van der Waals surface area contributed by atoms with Gasteiger partial charge >= 0.3 is 18.0 Å². The molecule has 1 aliphatic heterocycles. The molecule has 0 saturated carbocycles. The number of carboxylic acids is 2. The van der Waals surface area contributed by atoms with Crippen LogP contribution in [0.15, 0.2) is 85.2 Å². The van der Waals surface area contributed by atoms with Crippen LogP contribution in [0.1, 0.15) is 31.4 Å². The highest BCUT2D eigenvalue weighted by molar-refractivity contribution is 6.24. The van der Waals surface area contributed by atoms with E-state index >= 15 is 0 Å². The monoisotopic (exact) mass is 587 g/mol. The number of carbonyl (C=O) groups is 6. The first-order valence-corrected chi connectivity index (χ1v) is 13.1. The highest BCUT2D eigenvalue weighted by Gasteiger charge is 2.69. The molecule has 1 aliphatic rings. The number of aromatic nitrogens is 1. The number of anilines is 1. The molecule has 2 heterocycles. The Morgan fingerprint density at radius 2 is 1.51 bits per heavy atom. The van der Waals surface area contributed by atoms with Crippen LogP contribution in [0.2, 0.25) is 0 Å². The third-order valence-corrected chi connectivity index (χ3v) is 7.39. The predicted molar refractivity (Wildman–Crippen MR) is 151 cm³/mol. The zero-order valence-electron chi connectivity index (χ0n) is 23.3. The lowest BCUT2D eigenvalue weighted by Gasteiger charge is -2.43. The molecular formula is C30H29N5O8. The number of benzene rings is 2. The van der Waals surface area contributed by atoms with Crippen molar-refractivity contribution in [2.75, 3.05) is 4.90 Å². The topological polar surface area (TPSA) is 192 Å². The molecule has 1 fully saturated rings. The minimum absolute atomic E-state index is 0.174. The summed E-state index contributed by atoms with van der Waals surface area (Å²) < 4.78 is 0. The van der Waals surface area contributed by atoms with Crippen LogP contribution in [0.3, 0.4) is 0 Å². The fourth-order valence-corrected chi connectivity index (χ4v) is 5.21. The Hall–Kier alpha value is -5.43. The molecule has 13 heteroatoms. The number of hydrogen-bond acceptors (Lipinski definition) is 8. The number of rotatable bonds is 11. The number of Topliss-reactive ketones (excluding diaryl/α,β-unsaturated/α-hetero) is 1. The first kappa shape index (κ1) is 30.5. The van der Waals surface area contributed by atoms with E-state index < -0.39 is 59.2 Å². The summed E-state index contributed by atoms with van der Waals surface area (Å²) >= 11 is 0. The van der Waals surface area contributed by atoms with Crippen LogP contribution in [-0.4, -0.2) is 72.3 Å². The van der Waals surface area contributed by atoms with Crippen LogP contribution < -0.4 is 10.6 Å². The summed E-state index contributed by atoms with van der Waals surface area (Å²) in [4.78, 5) is 87.1. The van der Waals surface area contributed by atoms with E-state index in [1.54, 1.807) is 36.4 Å².